The Morgan fingerprint density at radius 1 is 1.18 bits per heavy atom. The molecule has 1 saturated heterocycles. The summed E-state index contributed by atoms with van der Waals surface area (Å²) in [6.07, 6.45) is 7.90. The molecule has 2 aromatic rings. The van der Waals surface area contributed by atoms with Crippen LogP contribution in [0, 0.1) is 0 Å². The van der Waals surface area contributed by atoms with E-state index in [9.17, 15) is 0 Å². The van der Waals surface area contributed by atoms with Gasteiger partial charge in [-0.15, -0.1) is 0 Å². The smallest absolute Gasteiger partial charge is 0.188 e. The summed E-state index contributed by atoms with van der Waals surface area (Å²) in [6, 6.07) is 13.5. The molecule has 1 atom stereocenters. The molecule has 0 aliphatic carbocycles. The first-order valence-electron chi connectivity index (χ1n) is 10.4. The molecule has 0 spiro atoms. The molecule has 1 aliphatic heterocycles. The van der Waals surface area contributed by atoms with Crippen LogP contribution in [-0.2, 0) is 11.2 Å². The van der Waals surface area contributed by atoms with Gasteiger partial charge >= 0.3 is 0 Å². The minimum Gasteiger partial charge on any atom is -0.467 e. The van der Waals surface area contributed by atoms with Crippen LogP contribution in [-0.4, -0.2) is 32.4 Å². The van der Waals surface area contributed by atoms with Gasteiger partial charge < -0.3 is 9.47 Å². The number of benzene rings is 2. The third-order valence-corrected chi connectivity index (χ3v) is 5.67. The largest absolute Gasteiger partial charge is 0.467 e. The molecular weight excluding hydrogens is 346 g/mol. The van der Waals surface area contributed by atoms with Crippen molar-refractivity contribution in [2.75, 3.05) is 27.5 Å². The highest BCUT2D eigenvalue weighted by Crippen LogP contribution is 2.42. The molecule has 0 N–H and O–H groups in total. The average molecular weight is 380 g/mol. The monoisotopic (exact) mass is 379 g/mol. The van der Waals surface area contributed by atoms with E-state index in [-0.39, 0.29) is 6.79 Å². The van der Waals surface area contributed by atoms with Crippen LogP contribution in [0.2, 0.25) is 0 Å². The Hall–Kier alpha value is -2.10. The van der Waals surface area contributed by atoms with Gasteiger partial charge in [0.1, 0.15) is 5.75 Å². The number of nitrogens with zero attached hydrogens (tertiary/aromatic N) is 1. The molecule has 0 bridgehead atoms. The molecule has 0 radical (unpaired) electrons. The summed E-state index contributed by atoms with van der Waals surface area (Å²) in [5.74, 6) is 0.877. The average Bonchev–Trinajstić information content (AvgIpc) is 2.73. The lowest BCUT2D eigenvalue weighted by Gasteiger charge is -2.35. The van der Waals surface area contributed by atoms with Crippen LogP contribution in [0.4, 0.5) is 0 Å². The van der Waals surface area contributed by atoms with Crippen molar-refractivity contribution in [2.45, 2.75) is 45.1 Å². The van der Waals surface area contributed by atoms with Crippen molar-refractivity contribution in [3.8, 4) is 16.9 Å². The molecule has 150 valence electrons. The molecule has 2 aromatic carbocycles. The van der Waals surface area contributed by atoms with Gasteiger partial charge in [-0.2, -0.15) is 0 Å². The van der Waals surface area contributed by atoms with Crippen LogP contribution in [0.25, 0.3) is 17.2 Å². The Kier molecular flexibility index (Phi) is 7.30. The van der Waals surface area contributed by atoms with E-state index in [0.29, 0.717) is 6.04 Å². The topological polar surface area (TPSA) is 21.7 Å². The zero-order valence-corrected chi connectivity index (χ0v) is 17.5. The van der Waals surface area contributed by atoms with Gasteiger partial charge in [0.25, 0.3) is 0 Å². The van der Waals surface area contributed by atoms with Crippen LogP contribution in [0.3, 0.4) is 0 Å². The molecule has 28 heavy (non-hydrogen) atoms. The van der Waals surface area contributed by atoms with E-state index in [0.717, 1.165) is 30.7 Å². The normalized spacial score (nSPS) is 17.5. The maximum atomic E-state index is 5.95. The van der Waals surface area contributed by atoms with E-state index in [1.807, 2.05) is 6.08 Å². The number of ether oxygens (including phenoxy) is 2. The summed E-state index contributed by atoms with van der Waals surface area (Å²) in [7, 11) is 3.90. The number of hydrogen-bond acceptors (Lipinski definition) is 3. The zero-order valence-electron chi connectivity index (χ0n) is 17.5. The van der Waals surface area contributed by atoms with E-state index < -0.39 is 0 Å². The SMILES string of the molecule is C=Cc1cccc(-c2cc(CCC)ccc2OCOC)c1C1CCCCN1C. The molecule has 0 amide bonds. The molecule has 0 saturated carbocycles. The van der Waals surface area contributed by atoms with Crippen LogP contribution in [0.15, 0.2) is 43.0 Å². The fourth-order valence-corrected chi connectivity index (χ4v) is 4.29. The summed E-state index contributed by atoms with van der Waals surface area (Å²) in [4.78, 5) is 2.49. The van der Waals surface area contributed by atoms with E-state index in [4.69, 9.17) is 9.47 Å². The van der Waals surface area contributed by atoms with Crippen molar-refractivity contribution >= 4 is 6.08 Å². The third kappa shape index (κ3) is 4.48. The summed E-state index contributed by atoms with van der Waals surface area (Å²) >= 11 is 0. The molecule has 0 aromatic heterocycles. The fourth-order valence-electron chi connectivity index (χ4n) is 4.29. The lowest BCUT2D eigenvalue weighted by molar-refractivity contribution is 0.0515. The molecule has 1 fully saturated rings. The van der Waals surface area contributed by atoms with Gasteiger partial charge in [-0.05, 0) is 67.2 Å². The Balaban J connectivity index is 2.16. The minimum atomic E-state index is 0.250. The molecule has 3 rings (SSSR count). The Bertz CT molecular complexity index is 799. The van der Waals surface area contributed by atoms with Crippen molar-refractivity contribution in [3.05, 3.63) is 59.7 Å². The van der Waals surface area contributed by atoms with Gasteiger partial charge in [0, 0.05) is 18.7 Å². The molecule has 1 heterocycles. The van der Waals surface area contributed by atoms with Gasteiger partial charge in [-0.1, -0.05) is 56.7 Å². The quantitative estimate of drug-likeness (QED) is 0.518. The van der Waals surface area contributed by atoms with Gasteiger partial charge in [0.05, 0.1) is 0 Å². The summed E-state index contributed by atoms with van der Waals surface area (Å²) in [5.41, 5.74) is 6.33. The second-order valence-corrected chi connectivity index (χ2v) is 7.64. The second kappa shape index (κ2) is 9.90. The molecule has 3 nitrogen and oxygen atoms in total. The minimum absolute atomic E-state index is 0.250. The van der Waals surface area contributed by atoms with Crippen molar-refractivity contribution in [2.24, 2.45) is 0 Å². The fraction of sp³-hybridized carbons (Fsp3) is 0.440. The first-order chi connectivity index (χ1) is 13.7. The zero-order chi connectivity index (χ0) is 19.9. The number of rotatable bonds is 8. The number of piperidine rings is 1. The lowest BCUT2D eigenvalue weighted by Crippen LogP contribution is -2.30. The first-order valence-corrected chi connectivity index (χ1v) is 10.4. The van der Waals surface area contributed by atoms with E-state index >= 15 is 0 Å². The molecule has 1 unspecified atom stereocenters. The third-order valence-electron chi connectivity index (χ3n) is 5.67. The number of hydrogen-bond donors (Lipinski definition) is 0. The molecule has 1 aliphatic rings. The highest BCUT2D eigenvalue weighted by Gasteiger charge is 2.26. The number of methoxy groups -OCH3 is 1. The molecular formula is C25H33NO2. The predicted molar refractivity (Wildman–Crippen MR) is 118 cm³/mol. The van der Waals surface area contributed by atoms with Gasteiger partial charge in [0.15, 0.2) is 6.79 Å². The van der Waals surface area contributed by atoms with Crippen LogP contribution in [0.1, 0.15) is 55.3 Å². The van der Waals surface area contributed by atoms with E-state index in [2.05, 4.69) is 61.8 Å². The predicted octanol–water partition coefficient (Wildman–Crippen LogP) is 6.09. The van der Waals surface area contributed by atoms with Crippen LogP contribution < -0.4 is 4.74 Å². The van der Waals surface area contributed by atoms with E-state index in [1.54, 1.807) is 7.11 Å². The summed E-state index contributed by atoms with van der Waals surface area (Å²) in [6.45, 7) is 7.70. The summed E-state index contributed by atoms with van der Waals surface area (Å²) in [5, 5.41) is 0. The van der Waals surface area contributed by atoms with Gasteiger partial charge in [-0.3, -0.25) is 4.90 Å². The highest BCUT2D eigenvalue weighted by molar-refractivity contribution is 5.78. The van der Waals surface area contributed by atoms with Gasteiger partial charge in [-0.25, -0.2) is 0 Å². The van der Waals surface area contributed by atoms with Crippen molar-refractivity contribution < 1.29 is 9.47 Å². The van der Waals surface area contributed by atoms with Crippen molar-refractivity contribution in [1.82, 2.24) is 4.90 Å². The second-order valence-electron chi connectivity index (χ2n) is 7.64. The Morgan fingerprint density at radius 2 is 2.04 bits per heavy atom. The lowest BCUT2D eigenvalue weighted by atomic mass is 9.85. The molecule has 3 heteroatoms. The highest BCUT2D eigenvalue weighted by atomic mass is 16.7. The first kappa shape index (κ1) is 20.6. The standard InChI is InChI=1S/C25H33NO2/c1-5-10-19-14-15-24(28-18-27-4)22(17-19)21-12-9-11-20(6-2)25(21)23-13-7-8-16-26(23)3/h6,9,11-12,14-15,17,23H,2,5,7-8,10,13,16,18H2,1,3-4H3. The van der Waals surface area contributed by atoms with Gasteiger partial charge in [0.2, 0.25) is 0 Å². The summed E-state index contributed by atoms with van der Waals surface area (Å²) < 4.78 is 11.1. The van der Waals surface area contributed by atoms with E-state index in [1.165, 1.54) is 41.5 Å². The maximum Gasteiger partial charge on any atom is 0.188 e. The Labute approximate surface area is 170 Å². The van der Waals surface area contributed by atoms with Crippen molar-refractivity contribution in [3.63, 3.8) is 0 Å². The van der Waals surface area contributed by atoms with Crippen molar-refractivity contribution in [1.29, 1.82) is 0 Å². The number of likely N-dealkylation sites (tertiary alicyclic amines) is 1. The maximum absolute atomic E-state index is 5.95. The number of aryl methyl sites for hydroxylation is 1. The van der Waals surface area contributed by atoms with Crippen LogP contribution in [0.5, 0.6) is 5.75 Å². The van der Waals surface area contributed by atoms with Crippen LogP contribution >= 0.6 is 0 Å². The Morgan fingerprint density at radius 3 is 2.75 bits per heavy atom.